The molecule has 0 aliphatic carbocycles. The summed E-state index contributed by atoms with van der Waals surface area (Å²) < 4.78 is 6.83. The average Bonchev–Trinajstić information content (AvgIpc) is 3.12. The lowest BCUT2D eigenvalue weighted by Gasteiger charge is -2.08. The summed E-state index contributed by atoms with van der Waals surface area (Å²) in [5, 5.41) is 7.25. The third-order valence-corrected chi connectivity index (χ3v) is 3.79. The van der Waals surface area contributed by atoms with Gasteiger partial charge < -0.3 is 10.1 Å². The van der Waals surface area contributed by atoms with E-state index in [9.17, 15) is 9.59 Å². The van der Waals surface area contributed by atoms with E-state index in [1.807, 2.05) is 74.5 Å². The van der Waals surface area contributed by atoms with Gasteiger partial charge in [0.2, 0.25) is 0 Å². The summed E-state index contributed by atoms with van der Waals surface area (Å²) in [5.74, 6) is -0.926. The summed E-state index contributed by atoms with van der Waals surface area (Å²) in [4.78, 5) is 24.4. The number of nitrogens with one attached hydrogen (secondary N) is 1. The Balaban J connectivity index is 1.89. The molecule has 3 aromatic rings. The zero-order valence-electron chi connectivity index (χ0n) is 15.3. The number of carbonyl (C=O) groups excluding carboxylic acids is 2. The summed E-state index contributed by atoms with van der Waals surface area (Å²) in [6, 6.07) is 18.9. The van der Waals surface area contributed by atoms with E-state index in [0.717, 1.165) is 11.3 Å². The molecule has 0 bridgehead atoms. The normalized spacial score (nSPS) is 10.6. The average molecular weight is 363 g/mol. The van der Waals surface area contributed by atoms with E-state index in [1.165, 1.54) is 0 Å². The van der Waals surface area contributed by atoms with Gasteiger partial charge in [-0.15, -0.1) is 0 Å². The van der Waals surface area contributed by atoms with Gasteiger partial charge in [0, 0.05) is 17.8 Å². The molecule has 0 atom stereocenters. The molecule has 0 aliphatic rings. The maximum Gasteiger partial charge on any atom is 0.342 e. The van der Waals surface area contributed by atoms with Crippen LogP contribution in [0.4, 0.5) is 0 Å². The van der Waals surface area contributed by atoms with Crippen LogP contribution in [0.2, 0.25) is 0 Å². The fourth-order valence-electron chi connectivity index (χ4n) is 2.62. The Labute approximate surface area is 157 Å². The molecule has 0 unspecified atom stereocenters. The second-order valence-corrected chi connectivity index (χ2v) is 6.34. The van der Waals surface area contributed by atoms with Crippen LogP contribution in [-0.4, -0.2) is 34.3 Å². The number of amides is 1. The van der Waals surface area contributed by atoms with Gasteiger partial charge in [-0.1, -0.05) is 48.5 Å². The first kappa shape index (κ1) is 18.4. The predicted molar refractivity (Wildman–Crippen MR) is 103 cm³/mol. The number of aromatic nitrogens is 2. The van der Waals surface area contributed by atoms with E-state index >= 15 is 0 Å². The molecular weight excluding hydrogens is 342 g/mol. The van der Waals surface area contributed by atoms with Crippen molar-refractivity contribution in [3.63, 3.8) is 0 Å². The van der Waals surface area contributed by atoms with Gasteiger partial charge in [0.05, 0.1) is 5.69 Å². The van der Waals surface area contributed by atoms with E-state index in [2.05, 4.69) is 10.4 Å². The molecule has 3 rings (SSSR count). The van der Waals surface area contributed by atoms with Crippen molar-refractivity contribution in [2.75, 3.05) is 6.61 Å². The van der Waals surface area contributed by atoms with Gasteiger partial charge in [-0.2, -0.15) is 5.10 Å². The van der Waals surface area contributed by atoms with Crippen molar-refractivity contribution >= 4 is 11.9 Å². The van der Waals surface area contributed by atoms with Crippen molar-refractivity contribution in [2.45, 2.75) is 19.9 Å². The Hall–Kier alpha value is -3.41. The minimum Gasteiger partial charge on any atom is -0.452 e. The lowest BCUT2D eigenvalue weighted by atomic mass is 10.1. The quantitative estimate of drug-likeness (QED) is 0.683. The monoisotopic (exact) mass is 363 g/mol. The Bertz CT molecular complexity index is 918. The molecule has 6 nitrogen and oxygen atoms in total. The van der Waals surface area contributed by atoms with E-state index in [-0.39, 0.29) is 18.6 Å². The second-order valence-electron chi connectivity index (χ2n) is 6.34. The van der Waals surface area contributed by atoms with Crippen LogP contribution in [0.25, 0.3) is 16.9 Å². The van der Waals surface area contributed by atoms with Gasteiger partial charge in [0.25, 0.3) is 5.91 Å². The highest BCUT2D eigenvalue weighted by molar-refractivity contribution is 5.97. The SMILES string of the molecule is CC(C)NC(=O)COC(=O)c1cn(-c2ccccc2)nc1-c1ccccc1. The number of hydrogen-bond donors (Lipinski definition) is 1. The number of nitrogens with zero attached hydrogens (tertiary/aromatic N) is 2. The van der Waals surface area contributed by atoms with Crippen LogP contribution in [0.5, 0.6) is 0 Å². The van der Waals surface area contributed by atoms with Crippen LogP contribution in [0.1, 0.15) is 24.2 Å². The first-order valence-corrected chi connectivity index (χ1v) is 8.71. The van der Waals surface area contributed by atoms with Crippen LogP contribution in [0.15, 0.2) is 66.9 Å². The van der Waals surface area contributed by atoms with Crippen LogP contribution in [-0.2, 0) is 9.53 Å². The maximum atomic E-state index is 12.6. The lowest BCUT2D eigenvalue weighted by molar-refractivity contribution is -0.124. The molecular formula is C21H21N3O3. The number of ether oxygens (including phenoxy) is 1. The number of benzene rings is 2. The number of hydrogen-bond acceptors (Lipinski definition) is 4. The number of esters is 1. The van der Waals surface area contributed by atoms with Gasteiger partial charge in [0.1, 0.15) is 11.3 Å². The molecule has 1 aromatic heterocycles. The zero-order valence-corrected chi connectivity index (χ0v) is 15.3. The third-order valence-electron chi connectivity index (χ3n) is 3.79. The molecule has 138 valence electrons. The molecule has 27 heavy (non-hydrogen) atoms. The highest BCUT2D eigenvalue weighted by Gasteiger charge is 2.20. The van der Waals surface area contributed by atoms with E-state index in [1.54, 1.807) is 10.9 Å². The second kappa shape index (κ2) is 8.31. The summed E-state index contributed by atoms with van der Waals surface area (Å²) in [5.41, 5.74) is 2.44. The Morgan fingerprint density at radius 1 is 1.04 bits per heavy atom. The van der Waals surface area contributed by atoms with Crippen molar-refractivity contribution in [3.8, 4) is 16.9 Å². The van der Waals surface area contributed by atoms with Crippen molar-refractivity contribution in [1.82, 2.24) is 15.1 Å². The zero-order chi connectivity index (χ0) is 19.2. The summed E-state index contributed by atoms with van der Waals surface area (Å²) in [6.45, 7) is 3.36. The first-order chi connectivity index (χ1) is 13.0. The maximum absolute atomic E-state index is 12.6. The number of para-hydroxylation sites is 1. The van der Waals surface area contributed by atoms with Gasteiger partial charge in [0.15, 0.2) is 6.61 Å². The molecule has 0 saturated heterocycles. The highest BCUT2D eigenvalue weighted by atomic mass is 16.5. The minimum absolute atomic E-state index is 0.0167. The topological polar surface area (TPSA) is 73.2 Å². The highest BCUT2D eigenvalue weighted by Crippen LogP contribution is 2.24. The standard InChI is InChI=1S/C21H21N3O3/c1-15(2)22-19(25)14-27-21(26)18-13-24(17-11-7-4-8-12-17)23-20(18)16-9-5-3-6-10-16/h3-13,15H,14H2,1-2H3,(H,22,25). The molecule has 1 amide bonds. The van der Waals surface area contributed by atoms with Crippen LogP contribution in [0, 0.1) is 0 Å². The fourth-order valence-corrected chi connectivity index (χ4v) is 2.62. The molecule has 0 fully saturated rings. The smallest absolute Gasteiger partial charge is 0.342 e. The molecule has 0 saturated carbocycles. The van der Waals surface area contributed by atoms with Crippen molar-refractivity contribution in [3.05, 3.63) is 72.4 Å². The van der Waals surface area contributed by atoms with E-state index in [4.69, 9.17) is 4.74 Å². The van der Waals surface area contributed by atoms with Crippen molar-refractivity contribution in [2.24, 2.45) is 0 Å². The molecule has 0 radical (unpaired) electrons. The molecule has 1 heterocycles. The number of carbonyl (C=O) groups is 2. The molecule has 0 spiro atoms. The van der Waals surface area contributed by atoms with Gasteiger partial charge >= 0.3 is 5.97 Å². The first-order valence-electron chi connectivity index (χ1n) is 8.71. The van der Waals surface area contributed by atoms with Crippen molar-refractivity contribution in [1.29, 1.82) is 0 Å². The third kappa shape index (κ3) is 4.61. The molecule has 1 N–H and O–H groups in total. The van der Waals surface area contributed by atoms with Gasteiger partial charge in [-0.25, -0.2) is 9.48 Å². The Morgan fingerprint density at radius 2 is 1.67 bits per heavy atom. The number of rotatable bonds is 6. The largest absolute Gasteiger partial charge is 0.452 e. The van der Waals surface area contributed by atoms with E-state index < -0.39 is 5.97 Å². The Kier molecular flexibility index (Phi) is 5.66. The van der Waals surface area contributed by atoms with Crippen LogP contribution in [0.3, 0.4) is 0 Å². The van der Waals surface area contributed by atoms with E-state index in [0.29, 0.717) is 11.3 Å². The minimum atomic E-state index is -0.588. The molecule has 2 aromatic carbocycles. The van der Waals surface area contributed by atoms with Gasteiger partial charge in [-0.05, 0) is 26.0 Å². The van der Waals surface area contributed by atoms with Crippen LogP contribution < -0.4 is 5.32 Å². The lowest BCUT2D eigenvalue weighted by Crippen LogP contribution is -2.34. The van der Waals surface area contributed by atoms with Crippen LogP contribution >= 0.6 is 0 Å². The van der Waals surface area contributed by atoms with Crippen molar-refractivity contribution < 1.29 is 14.3 Å². The molecule has 6 heteroatoms. The predicted octanol–water partition coefficient (Wildman–Crippen LogP) is 3.22. The summed E-state index contributed by atoms with van der Waals surface area (Å²) >= 11 is 0. The summed E-state index contributed by atoms with van der Waals surface area (Å²) in [6.07, 6.45) is 1.63. The summed E-state index contributed by atoms with van der Waals surface area (Å²) in [7, 11) is 0. The van der Waals surface area contributed by atoms with Gasteiger partial charge in [-0.3, -0.25) is 4.79 Å². The fraction of sp³-hybridized carbons (Fsp3) is 0.190. The Morgan fingerprint density at radius 3 is 2.30 bits per heavy atom. The molecule has 0 aliphatic heterocycles.